The highest BCUT2D eigenvalue weighted by Gasteiger charge is 2.11. The van der Waals surface area contributed by atoms with Gasteiger partial charge in [0.1, 0.15) is 0 Å². The van der Waals surface area contributed by atoms with E-state index in [1.165, 1.54) is 6.07 Å². The minimum atomic E-state index is -0.394. The summed E-state index contributed by atoms with van der Waals surface area (Å²) in [7, 11) is 0. The molecule has 0 amide bonds. The highest BCUT2D eigenvalue weighted by Crippen LogP contribution is 2.27. The number of halogens is 1. The molecular formula is C14H14IN3O2. The van der Waals surface area contributed by atoms with Gasteiger partial charge in [0, 0.05) is 33.1 Å². The van der Waals surface area contributed by atoms with Crippen molar-refractivity contribution in [1.82, 2.24) is 0 Å². The van der Waals surface area contributed by atoms with Crippen LogP contribution in [0.5, 0.6) is 0 Å². The van der Waals surface area contributed by atoms with Crippen LogP contribution in [0.2, 0.25) is 0 Å². The van der Waals surface area contributed by atoms with E-state index in [0.717, 1.165) is 20.5 Å². The molecule has 0 aliphatic heterocycles. The number of nitrogens with zero attached hydrogens (tertiary/aromatic N) is 1. The fourth-order valence-electron chi connectivity index (χ4n) is 1.84. The SMILES string of the molecule is CC(Nc1ccc([N+](=O)[O-])cc1I)c1ccc(N)cc1. The van der Waals surface area contributed by atoms with E-state index >= 15 is 0 Å². The Morgan fingerprint density at radius 1 is 1.25 bits per heavy atom. The van der Waals surface area contributed by atoms with Crippen molar-refractivity contribution in [3.63, 3.8) is 0 Å². The van der Waals surface area contributed by atoms with Gasteiger partial charge >= 0.3 is 0 Å². The Labute approximate surface area is 130 Å². The van der Waals surface area contributed by atoms with E-state index in [9.17, 15) is 10.1 Å². The zero-order valence-corrected chi connectivity index (χ0v) is 13.0. The summed E-state index contributed by atoms with van der Waals surface area (Å²) in [5.41, 5.74) is 8.47. The van der Waals surface area contributed by atoms with Gasteiger partial charge in [0.2, 0.25) is 0 Å². The molecular weight excluding hydrogens is 369 g/mol. The van der Waals surface area contributed by atoms with E-state index in [0.29, 0.717) is 0 Å². The number of benzene rings is 2. The minimum absolute atomic E-state index is 0.0885. The van der Waals surface area contributed by atoms with Gasteiger partial charge in [0.05, 0.1) is 4.92 Å². The molecule has 1 atom stereocenters. The zero-order chi connectivity index (χ0) is 14.7. The minimum Gasteiger partial charge on any atom is -0.399 e. The molecule has 2 rings (SSSR count). The maximum Gasteiger partial charge on any atom is 0.270 e. The third-order valence-corrected chi connectivity index (χ3v) is 3.86. The van der Waals surface area contributed by atoms with Gasteiger partial charge < -0.3 is 11.1 Å². The first-order chi connectivity index (χ1) is 9.47. The first kappa shape index (κ1) is 14.6. The monoisotopic (exact) mass is 383 g/mol. The van der Waals surface area contributed by atoms with Crippen LogP contribution in [-0.2, 0) is 0 Å². The van der Waals surface area contributed by atoms with Crippen LogP contribution in [0.1, 0.15) is 18.5 Å². The van der Waals surface area contributed by atoms with Crippen molar-refractivity contribution >= 4 is 39.7 Å². The summed E-state index contributed by atoms with van der Waals surface area (Å²) in [6.45, 7) is 2.03. The van der Waals surface area contributed by atoms with Crippen LogP contribution in [0, 0.1) is 13.7 Å². The standard InChI is InChI=1S/C14H14IN3O2/c1-9(10-2-4-11(16)5-3-10)17-14-7-6-12(18(19)20)8-13(14)15/h2-9,17H,16H2,1H3. The zero-order valence-electron chi connectivity index (χ0n) is 10.8. The Hall–Kier alpha value is -1.83. The molecule has 104 valence electrons. The van der Waals surface area contributed by atoms with Crippen molar-refractivity contribution in [1.29, 1.82) is 0 Å². The highest BCUT2D eigenvalue weighted by molar-refractivity contribution is 14.1. The maximum absolute atomic E-state index is 10.7. The number of nitrogens with one attached hydrogen (secondary N) is 1. The summed E-state index contributed by atoms with van der Waals surface area (Å²) in [5, 5.41) is 14.1. The van der Waals surface area contributed by atoms with E-state index in [-0.39, 0.29) is 11.7 Å². The Balaban J connectivity index is 2.17. The fraction of sp³-hybridized carbons (Fsp3) is 0.143. The van der Waals surface area contributed by atoms with Gasteiger partial charge in [-0.3, -0.25) is 10.1 Å². The molecule has 0 heterocycles. The average Bonchev–Trinajstić information content (AvgIpc) is 2.41. The first-order valence-corrected chi connectivity index (χ1v) is 7.11. The summed E-state index contributed by atoms with van der Waals surface area (Å²) in [6.07, 6.45) is 0. The largest absolute Gasteiger partial charge is 0.399 e. The van der Waals surface area contributed by atoms with Crippen LogP contribution in [0.25, 0.3) is 0 Å². The van der Waals surface area contributed by atoms with Crippen molar-refractivity contribution in [2.24, 2.45) is 0 Å². The van der Waals surface area contributed by atoms with Crippen LogP contribution in [-0.4, -0.2) is 4.92 Å². The van der Waals surface area contributed by atoms with Crippen molar-refractivity contribution in [2.75, 3.05) is 11.1 Å². The number of nitro benzene ring substituents is 1. The molecule has 0 aliphatic carbocycles. The number of nitrogens with two attached hydrogens (primary N) is 1. The van der Waals surface area contributed by atoms with Crippen molar-refractivity contribution in [3.05, 3.63) is 61.7 Å². The lowest BCUT2D eigenvalue weighted by atomic mass is 10.1. The van der Waals surface area contributed by atoms with Crippen LogP contribution in [0.3, 0.4) is 0 Å². The second-order valence-corrected chi connectivity index (χ2v) is 5.62. The van der Waals surface area contributed by atoms with Crippen molar-refractivity contribution in [3.8, 4) is 0 Å². The van der Waals surface area contributed by atoms with Crippen LogP contribution in [0.4, 0.5) is 17.1 Å². The molecule has 0 aliphatic rings. The summed E-state index contributed by atoms with van der Waals surface area (Å²) in [4.78, 5) is 10.3. The third kappa shape index (κ3) is 3.38. The van der Waals surface area contributed by atoms with Crippen molar-refractivity contribution in [2.45, 2.75) is 13.0 Å². The lowest BCUT2D eigenvalue weighted by molar-refractivity contribution is -0.384. The van der Waals surface area contributed by atoms with Gasteiger partial charge in [0.15, 0.2) is 0 Å². The van der Waals surface area contributed by atoms with Gasteiger partial charge in [0.25, 0.3) is 5.69 Å². The van der Waals surface area contributed by atoms with E-state index in [4.69, 9.17) is 5.73 Å². The number of non-ortho nitro benzene ring substituents is 1. The van der Waals surface area contributed by atoms with Gasteiger partial charge in [-0.15, -0.1) is 0 Å². The number of anilines is 2. The summed E-state index contributed by atoms with van der Waals surface area (Å²) < 4.78 is 0.819. The summed E-state index contributed by atoms with van der Waals surface area (Å²) >= 11 is 2.09. The second-order valence-electron chi connectivity index (χ2n) is 4.45. The number of nitro groups is 1. The Morgan fingerprint density at radius 3 is 2.45 bits per heavy atom. The quantitative estimate of drug-likeness (QED) is 0.363. The Kier molecular flexibility index (Phi) is 4.43. The fourth-order valence-corrected chi connectivity index (χ4v) is 2.49. The van der Waals surface area contributed by atoms with E-state index in [1.807, 2.05) is 31.2 Å². The molecule has 0 aromatic heterocycles. The van der Waals surface area contributed by atoms with Gasteiger partial charge in [-0.25, -0.2) is 0 Å². The first-order valence-electron chi connectivity index (χ1n) is 6.03. The molecule has 0 bridgehead atoms. The molecule has 6 heteroatoms. The van der Waals surface area contributed by atoms with E-state index < -0.39 is 4.92 Å². The second kappa shape index (κ2) is 6.08. The van der Waals surface area contributed by atoms with Gasteiger partial charge in [-0.2, -0.15) is 0 Å². The molecule has 5 nitrogen and oxygen atoms in total. The van der Waals surface area contributed by atoms with E-state index in [1.54, 1.807) is 12.1 Å². The van der Waals surface area contributed by atoms with Crippen molar-refractivity contribution < 1.29 is 4.92 Å². The molecule has 20 heavy (non-hydrogen) atoms. The normalized spacial score (nSPS) is 11.9. The van der Waals surface area contributed by atoms with Gasteiger partial charge in [-0.1, -0.05) is 12.1 Å². The predicted molar refractivity (Wildman–Crippen MR) is 88.7 cm³/mol. The Morgan fingerprint density at radius 2 is 1.90 bits per heavy atom. The van der Waals surface area contributed by atoms with Crippen LogP contribution in [0.15, 0.2) is 42.5 Å². The molecule has 0 spiro atoms. The highest BCUT2D eigenvalue weighted by atomic mass is 127. The predicted octanol–water partition coefficient (Wildman–Crippen LogP) is 3.95. The number of hydrogen-bond acceptors (Lipinski definition) is 4. The summed E-state index contributed by atoms with van der Waals surface area (Å²) in [6, 6.07) is 12.5. The number of nitrogen functional groups attached to an aromatic ring is 1. The molecule has 3 N–H and O–H groups in total. The number of rotatable bonds is 4. The maximum atomic E-state index is 10.7. The molecule has 0 saturated carbocycles. The Bertz CT molecular complexity index is 629. The molecule has 0 radical (unpaired) electrons. The van der Waals surface area contributed by atoms with Crippen LogP contribution < -0.4 is 11.1 Å². The number of hydrogen-bond donors (Lipinski definition) is 2. The van der Waals surface area contributed by atoms with Gasteiger partial charge in [-0.05, 0) is 53.3 Å². The molecule has 2 aromatic rings. The third-order valence-electron chi connectivity index (χ3n) is 2.97. The topological polar surface area (TPSA) is 81.2 Å². The summed E-state index contributed by atoms with van der Waals surface area (Å²) in [5.74, 6) is 0. The molecule has 0 fully saturated rings. The molecule has 1 unspecified atom stereocenters. The van der Waals surface area contributed by atoms with E-state index in [2.05, 4.69) is 27.9 Å². The van der Waals surface area contributed by atoms with Crippen LogP contribution >= 0.6 is 22.6 Å². The smallest absolute Gasteiger partial charge is 0.270 e. The molecule has 2 aromatic carbocycles. The molecule has 0 saturated heterocycles. The lowest BCUT2D eigenvalue weighted by Gasteiger charge is -2.17. The average molecular weight is 383 g/mol. The lowest BCUT2D eigenvalue weighted by Crippen LogP contribution is -2.08.